The third-order valence-electron chi connectivity index (χ3n) is 8.69. The highest BCUT2D eigenvalue weighted by molar-refractivity contribution is 6.38. The van der Waals surface area contributed by atoms with Gasteiger partial charge in [-0.2, -0.15) is 57.1 Å². The van der Waals surface area contributed by atoms with Crippen LogP contribution in [0.1, 0.15) is 85.0 Å². The quantitative estimate of drug-likeness (QED) is 0.0718. The second kappa shape index (κ2) is 17.0. The Labute approximate surface area is 295 Å². The van der Waals surface area contributed by atoms with Crippen LogP contribution in [0, 0.1) is 5.92 Å². The molecule has 0 bridgehead atoms. The number of pyridine rings is 1. The fourth-order valence-corrected chi connectivity index (χ4v) is 6.62. The maximum absolute atomic E-state index is 14.1. The van der Waals surface area contributed by atoms with Gasteiger partial charge in [-0.15, -0.1) is 0 Å². The maximum Gasteiger partial charge on any atom is 0.460 e. The molecule has 0 saturated carbocycles. The average Bonchev–Trinajstić information content (AvgIpc) is 3.46. The van der Waals surface area contributed by atoms with Crippen molar-refractivity contribution in [1.29, 1.82) is 0 Å². The smallest absolute Gasteiger partial charge is 0.460 e. The van der Waals surface area contributed by atoms with Crippen LogP contribution in [0.2, 0.25) is 5.54 Å². The highest BCUT2D eigenvalue weighted by atomic mass is 28.2. The summed E-state index contributed by atoms with van der Waals surface area (Å²) in [6, 6.07) is 6.77. The van der Waals surface area contributed by atoms with E-state index in [4.69, 9.17) is 9.47 Å². The molecule has 2 radical (unpaired) electrons. The van der Waals surface area contributed by atoms with Crippen LogP contribution in [0.25, 0.3) is 11.1 Å². The molecule has 52 heavy (non-hydrogen) atoms. The van der Waals surface area contributed by atoms with Crippen molar-refractivity contribution in [1.82, 2.24) is 4.98 Å². The van der Waals surface area contributed by atoms with E-state index in [0.29, 0.717) is 37.7 Å². The highest BCUT2D eigenvalue weighted by Crippen LogP contribution is 2.60. The third kappa shape index (κ3) is 9.78. The minimum atomic E-state index is -7.97. The van der Waals surface area contributed by atoms with Gasteiger partial charge >= 0.3 is 35.8 Å². The molecule has 2 heterocycles. The molecule has 0 amide bonds. The Morgan fingerprint density at radius 2 is 1.23 bits per heavy atom. The molecule has 1 aromatic heterocycles. The Kier molecular flexibility index (Phi) is 14.2. The summed E-state index contributed by atoms with van der Waals surface area (Å²) in [6.07, 6.45) is 5.54. The van der Waals surface area contributed by atoms with Gasteiger partial charge in [0.25, 0.3) is 0 Å². The molecule has 1 aromatic carbocycles. The van der Waals surface area contributed by atoms with Gasteiger partial charge in [0.1, 0.15) is 0 Å². The molecule has 1 aliphatic rings. The molecule has 294 valence electrons. The summed E-state index contributed by atoms with van der Waals surface area (Å²) in [5, 5.41) is 0. The highest BCUT2D eigenvalue weighted by Gasteiger charge is 2.90. The Morgan fingerprint density at radius 3 is 1.81 bits per heavy atom. The summed E-state index contributed by atoms with van der Waals surface area (Å²) in [4.78, 5) is 3.57. The van der Waals surface area contributed by atoms with Crippen LogP contribution in [0.15, 0.2) is 36.5 Å². The number of hydrogen-bond donors (Lipinski definition) is 0. The molecule has 0 aliphatic carbocycles. The molecule has 3 atom stereocenters. The Balaban J connectivity index is 1.51. The van der Waals surface area contributed by atoms with Crippen molar-refractivity contribution in [3.63, 3.8) is 0 Å². The van der Waals surface area contributed by atoms with Gasteiger partial charge in [0.05, 0.1) is 0 Å². The van der Waals surface area contributed by atoms with E-state index >= 15 is 0 Å². The number of aromatic nitrogens is 1. The Morgan fingerprint density at radius 1 is 0.673 bits per heavy atom. The standard InChI is InChI=1S/C34H40F13NO3Si/c1-4-5-8-11-21(2)12-9-6-7-10-13-22(3)52-28-50-25-16-14-23(18-26(25)51-28)24-15-17-27(48-19-24)49-20-29(35,36)30(37,38)31(39,40)32(41,42)33(43,44)34(45,46)47/h14-19,21-22,28H,4-13,20H2,1-3H3. The number of nitrogens with zero attached hydrogens (tertiary/aromatic N) is 1. The number of alkyl halides is 13. The lowest BCUT2D eigenvalue weighted by atomic mass is 9.94. The lowest BCUT2D eigenvalue weighted by Gasteiger charge is -2.39. The van der Waals surface area contributed by atoms with Crippen molar-refractivity contribution in [3.05, 3.63) is 36.5 Å². The Bertz CT molecular complexity index is 1420. The first-order chi connectivity index (χ1) is 24.0. The predicted molar refractivity (Wildman–Crippen MR) is 167 cm³/mol. The summed E-state index contributed by atoms with van der Waals surface area (Å²) >= 11 is 0. The zero-order chi connectivity index (χ0) is 39.2. The van der Waals surface area contributed by atoms with Gasteiger partial charge < -0.3 is 14.2 Å². The minimum absolute atomic E-state index is 0.297. The Hall–Kier alpha value is -2.92. The van der Waals surface area contributed by atoms with Crippen LogP contribution in [0.4, 0.5) is 57.1 Å². The summed E-state index contributed by atoms with van der Waals surface area (Å²) < 4.78 is 189. The lowest BCUT2D eigenvalue weighted by Crippen LogP contribution is -2.70. The number of halogens is 13. The van der Waals surface area contributed by atoms with E-state index in [1.54, 1.807) is 18.2 Å². The van der Waals surface area contributed by atoms with E-state index in [2.05, 4.69) is 30.5 Å². The molecular weight excluding hydrogens is 745 g/mol. The topological polar surface area (TPSA) is 40.6 Å². The monoisotopic (exact) mass is 785 g/mol. The molecule has 18 heteroatoms. The molecule has 1 aliphatic heterocycles. The zero-order valence-corrected chi connectivity index (χ0v) is 29.6. The lowest BCUT2D eigenvalue weighted by molar-refractivity contribution is -0.440. The number of benzene rings is 1. The van der Waals surface area contributed by atoms with Gasteiger partial charge in [0.15, 0.2) is 27.6 Å². The first-order valence-corrected chi connectivity index (χ1v) is 17.9. The summed E-state index contributed by atoms with van der Waals surface area (Å²) in [7, 11) is 0.340. The van der Waals surface area contributed by atoms with Gasteiger partial charge in [-0.3, -0.25) is 0 Å². The summed E-state index contributed by atoms with van der Waals surface area (Å²) in [5.74, 6) is -37.3. The van der Waals surface area contributed by atoms with Crippen LogP contribution in [-0.4, -0.2) is 62.8 Å². The molecular formula is C34H40F13NO3Si. The predicted octanol–water partition coefficient (Wildman–Crippen LogP) is 12.0. The first-order valence-electron chi connectivity index (χ1n) is 16.8. The molecule has 2 aromatic rings. The molecule has 0 fully saturated rings. The van der Waals surface area contributed by atoms with Crippen LogP contribution in [-0.2, 0) is 0 Å². The molecule has 0 saturated heterocycles. The normalized spacial score (nSPS) is 17.0. The SMILES string of the molecule is CCCCCC(C)CCCCCCC(C)[Si]C1Oc2ccc(-c3ccc(OCC(F)(F)C(F)(F)C(F)(F)C(F)(F)C(F)(F)C(F)(F)F)nc3)cc2O1. The van der Waals surface area contributed by atoms with Crippen molar-refractivity contribution in [2.45, 2.75) is 132 Å². The van der Waals surface area contributed by atoms with Crippen molar-refractivity contribution in [2.24, 2.45) is 5.92 Å². The van der Waals surface area contributed by atoms with Gasteiger partial charge in [-0.05, 0) is 35.2 Å². The first kappa shape index (κ1) is 43.5. The van der Waals surface area contributed by atoms with Gasteiger partial charge in [0, 0.05) is 17.8 Å². The van der Waals surface area contributed by atoms with E-state index in [1.165, 1.54) is 51.0 Å². The minimum Gasteiger partial charge on any atom is -0.471 e. The van der Waals surface area contributed by atoms with Crippen LogP contribution >= 0.6 is 0 Å². The van der Waals surface area contributed by atoms with E-state index in [9.17, 15) is 57.1 Å². The van der Waals surface area contributed by atoms with Gasteiger partial charge in [-0.1, -0.05) is 91.0 Å². The fraction of sp³-hybridized carbons (Fsp3) is 0.676. The largest absolute Gasteiger partial charge is 0.471 e. The number of ether oxygens (including phenoxy) is 3. The fourth-order valence-electron chi connectivity index (χ4n) is 5.39. The molecule has 3 rings (SSSR count). The molecule has 0 N–H and O–H groups in total. The van der Waals surface area contributed by atoms with Crippen molar-refractivity contribution < 1.29 is 71.3 Å². The number of rotatable bonds is 21. The second-order valence-corrected chi connectivity index (χ2v) is 14.9. The van der Waals surface area contributed by atoms with E-state index in [0.717, 1.165) is 37.4 Å². The van der Waals surface area contributed by atoms with E-state index in [-0.39, 0.29) is 0 Å². The van der Waals surface area contributed by atoms with Crippen LogP contribution in [0.5, 0.6) is 17.4 Å². The number of fused-ring (bicyclic) bond motifs is 1. The molecule has 4 nitrogen and oxygen atoms in total. The summed E-state index contributed by atoms with van der Waals surface area (Å²) in [6.45, 7) is 3.80. The average molecular weight is 786 g/mol. The number of unbranched alkanes of at least 4 members (excludes halogenated alkanes) is 5. The second-order valence-electron chi connectivity index (χ2n) is 13.1. The van der Waals surface area contributed by atoms with E-state index < -0.39 is 54.2 Å². The van der Waals surface area contributed by atoms with Crippen molar-refractivity contribution >= 4 is 9.52 Å². The maximum atomic E-state index is 14.1. The molecule has 0 spiro atoms. The van der Waals surface area contributed by atoms with E-state index in [1.807, 2.05) is 0 Å². The van der Waals surface area contributed by atoms with Crippen LogP contribution < -0.4 is 14.2 Å². The summed E-state index contributed by atoms with van der Waals surface area (Å²) in [5.41, 5.74) is 1.10. The van der Waals surface area contributed by atoms with Gasteiger partial charge in [-0.25, -0.2) is 4.98 Å². The van der Waals surface area contributed by atoms with Crippen molar-refractivity contribution in [2.75, 3.05) is 6.61 Å². The third-order valence-corrected chi connectivity index (χ3v) is 10.1. The van der Waals surface area contributed by atoms with Crippen molar-refractivity contribution in [3.8, 4) is 28.5 Å². The number of hydrogen-bond acceptors (Lipinski definition) is 4. The van der Waals surface area contributed by atoms with Crippen LogP contribution in [0.3, 0.4) is 0 Å². The zero-order valence-electron chi connectivity index (χ0n) is 28.6. The molecule has 3 unspecified atom stereocenters. The van der Waals surface area contributed by atoms with Gasteiger partial charge in [0.2, 0.25) is 11.8 Å².